The molecule has 6 rings (SSSR count). The number of carbonyl (C=O) groups excluding carboxylic acids is 1. The molecule has 0 bridgehead atoms. The summed E-state index contributed by atoms with van der Waals surface area (Å²) in [7, 11) is 0. The van der Waals surface area contributed by atoms with Crippen molar-refractivity contribution in [1.29, 1.82) is 0 Å². The second-order valence-corrected chi connectivity index (χ2v) is 16.0. The monoisotopic (exact) mass is 736 g/mol. The molecule has 0 aliphatic carbocycles. The SMILES string of the molecule is C.CC(C)(C)OC(=O)N1CCC(N2CCCCC2Cc2ccc(Cl)cc2)CC1.Cl.Clc1ccc(CC2CCCCN2C2CCNCC2)cc1. The van der Waals surface area contributed by atoms with Gasteiger partial charge in [0.2, 0.25) is 0 Å². The van der Waals surface area contributed by atoms with Gasteiger partial charge < -0.3 is 15.0 Å². The average molecular weight is 738 g/mol. The van der Waals surface area contributed by atoms with E-state index in [0.717, 1.165) is 54.5 Å². The van der Waals surface area contributed by atoms with Crippen molar-refractivity contribution >= 4 is 41.7 Å². The first kappa shape index (κ1) is 41.9. The van der Waals surface area contributed by atoms with Gasteiger partial charge in [-0.15, -0.1) is 12.4 Å². The molecule has 4 fully saturated rings. The summed E-state index contributed by atoms with van der Waals surface area (Å²) in [6, 6.07) is 19.4. The zero-order valence-electron chi connectivity index (χ0n) is 29.5. The number of nitrogens with zero attached hydrogens (tertiary/aromatic N) is 3. The van der Waals surface area contributed by atoms with E-state index in [1.165, 1.54) is 95.1 Å². The molecule has 2 aromatic carbocycles. The minimum absolute atomic E-state index is 0. The largest absolute Gasteiger partial charge is 0.444 e. The number of carbonyl (C=O) groups is 1. The van der Waals surface area contributed by atoms with Crippen LogP contribution in [0.5, 0.6) is 0 Å². The van der Waals surface area contributed by atoms with Gasteiger partial charge in [-0.05, 0) is 147 Å². The van der Waals surface area contributed by atoms with E-state index in [-0.39, 0.29) is 25.9 Å². The van der Waals surface area contributed by atoms with Crippen molar-refractivity contribution in [3.63, 3.8) is 0 Å². The summed E-state index contributed by atoms with van der Waals surface area (Å²) in [4.78, 5) is 19.7. The zero-order valence-corrected chi connectivity index (χ0v) is 31.8. The lowest BCUT2D eigenvalue weighted by molar-refractivity contribution is 0.00718. The Morgan fingerprint density at radius 1 is 0.694 bits per heavy atom. The molecule has 4 aliphatic heterocycles. The Morgan fingerprint density at radius 2 is 1.12 bits per heavy atom. The predicted molar refractivity (Wildman–Crippen MR) is 210 cm³/mol. The molecule has 49 heavy (non-hydrogen) atoms. The number of hydrogen-bond donors (Lipinski definition) is 1. The molecule has 0 spiro atoms. The minimum Gasteiger partial charge on any atom is -0.444 e. The lowest BCUT2D eigenvalue weighted by Crippen LogP contribution is -2.52. The van der Waals surface area contributed by atoms with Crippen molar-refractivity contribution in [2.45, 2.75) is 135 Å². The van der Waals surface area contributed by atoms with E-state index in [1.54, 1.807) is 0 Å². The molecule has 1 N–H and O–H groups in total. The number of ether oxygens (including phenoxy) is 1. The third kappa shape index (κ3) is 13.2. The molecule has 4 saturated heterocycles. The number of benzene rings is 2. The fourth-order valence-corrected chi connectivity index (χ4v) is 8.33. The molecule has 2 unspecified atom stereocenters. The first-order chi connectivity index (χ1) is 22.6. The molecule has 0 radical (unpaired) electrons. The highest BCUT2D eigenvalue weighted by atomic mass is 35.5. The number of piperidine rings is 4. The lowest BCUT2D eigenvalue weighted by atomic mass is 9.91. The molecule has 4 heterocycles. The van der Waals surface area contributed by atoms with Crippen molar-refractivity contribution in [1.82, 2.24) is 20.0 Å². The van der Waals surface area contributed by atoms with Crippen molar-refractivity contribution in [3.8, 4) is 0 Å². The molecule has 276 valence electrons. The second kappa shape index (κ2) is 20.5. The van der Waals surface area contributed by atoms with Gasteiger partial charge in [0.25, 0.3) is 0 Å². The standard InChI is InChI=1S/C22H33ClN2O2.C17H25ClN2.CH4.ClH/c1-22(2,3)27-21(26)24-14-11-19(12-15-24)25-13-5-4-6-20(25)16-17-7-9-18(23)10-8-17;18-15-6-4-14(5-7-15)13-17-3-1-2-12-20(17)16-8-10-19-11-9-16;;/h7-10,19-20H,4-6,11-16H2,1-3H3;4-7,16-17,19H,1-3,8-13H2;1H4;1H. The van der Waals surface area contributed by atoms with Gasteiger partial charge in [-0.25, -0.2) is 4.79 Å². The van der Waals surface area contributed by atoms with Crippen LogP contribution in [0.3, 0.4) is 0 Å². The number of amides is 1. The Bertz CT molecular complexity index is 1230. The summed E-state index contributed by atoms with van der Waals surface area (Å²) in [6.07, 6.45) is 14.8. The molecule has 0 saturated carbocycles. The predicted octanol–water partition coefficient (Wildman–Crippen LogP) is 9.68. The number of nitrogens with one attached hydrogen (secondary N) is 1. The van der Waals surface area contributed by atoms with Gasteiger partial charge in [0, 0.05) is 47.3 Å². The third-order valence-corrected chi connectivity index (χ3v) is 11.0. The molecule has 6 nitrogen and oxygen atoms in total. The zero-order chi connectivity index (χ0) is 33.2. The molecule has 1 amide bonds. The second-order valence-electron chi connectivity index (χ2n) is 15.1. The van der Waals surface area contributed by atoms with Crippen LogP contribution in [-0.4, -0.2) is 89.8 Å². The normalized spacial score (nSPS) is 23.0. The van der Waals surface area contributed by atoms with E-state index in [0.29, 0.717) is 12.1 Å². The first-order valence-corrected chi connectivity index (χ1v) is 19.1. The fourth-order valence-electron chi connectivity index (χ4n) is 8.08. The topological polar surface area (TPSA) is 48.1 Å². The van der Waals surface area contributed by atoms with Crippen LogP contribution in [0.15, 0.2) is 48.5 Å². The third-order valence-electron chi connectivity index (χ3n) is 10.5. The summed E-state index contributed by atoms with van der Waals surface area (Å²) in [5, 5.41) is 5.12. The molecule has 4 aliphatic rings. The highest BCUT2D eigenvalue weighted by Gasteiger charge is 2.34. The van der Waals surface area contributed by atoms with E-state index in [4.69, 9.17) is 27.9 Å². The van der Waals surface area contributed by atoms with Crippen LogP contribution in [0.1, 0.15) is 104 Å². The molecule has 2 atom stereocenters. The summed E-state index contributed by atoms with van der Waals surface area (Å²) < 4.78 is 5.53. The van der Waals surface area contributed by atoms with Crippen molar-refractivity contribution < 1.29 is 9.53 Å². The molecule has 0 aromatic heterocycles. The summed E-state index contributed by atoms with van der Waals surface area (Å²) in [5.41, 5.74) is 2.37. The summed E-state index contributed by atoms with van der Waals surface area (Å²) in [6.45, 7) is 12.2. The van der Waals surface area contributed by atoms with Crippen LogP contribution < -0.4 is 5.32 Å². The Hall–Kier alpha value is -1.54. The molecular formula is C40H63Cl3N4O2. The quantitative estimate of drug-likeness (QED) is 0.320. The van der Waals surface area contributed by atoms with Crippen LogP contribution in [0, 0.1) is 0 Å². The maximum absolute atomic E-state index is 12.3. The van der Waals surface area contributed by atoms with Gasteiger partial charge in [-0.2, -0.15) is 0 Å². The van der Waals surface area contributed by atoms with Gasteiger partial charge in [-0.1, -0.05) is 67.7 Å². The van der Waals surface area contributed by atoms with Gasteiger partial charge in [0.05, 0.1) is 0 Å². The van der Waals surface area contributed by atoms with Gasteiger partial charge in [0.1, 0.15) is 5.60 Å². The Kier molecular flexibility index (Phi) is 17.5. The van der Waals surface area contributed by atoms with E-state index in [9.17, 15) is 4.79 Å². The summed E-state index contributed by atoms with van der Waals surface area (Å²) in [5.74, 6) is 0. The van der Waals surface area contributed by atoms with E-state index >= 15 is 0 Å². The minimum atomic E-state index is -0.426. The number of halogens is 3. The Morgan fingerprint density at radius 3 is 1.55 bits per heavy atom. The maximum atomic E-state index is 12.3. The molecule has 2 aromatic rings. The average Bonchev–Trinajstić information content (AvgIpc) is 3.07. The van der Waals surface area contributed by atoms with Crippen LogP contribution in [0.25, 0.3) is 0 Å². The number of hydrogen-bond acceptors (Lipinski definition) is 5. The highest BCUT2D eigenvalue weighted by molar-refractivity contribution is 6.30. The van der Waals surface area contributed by atoms with Gasteiger partial charge >= 0.3 is 6.09 Å². The molecule has 9 heteroatoms. The lowest BCUT2D eigenvalue weighted by Gasteiger charge is -2.45. The highest BCUT2D eigenvalue weighted by Crippen LogP contribution is 2.29. The summed E-state index contributed by atoms with van der Waals surface area (Å²) >= 11 is 12.0. The van der Waals surface area contributed by atoms with E-state index < -0.39 is 5.60 Å². The van der Waals surface area contributed by atoms with Crippen molar-refractivity contribution in [2.24, 2.45) is 0 Å². The molecular weight excluding hydrogens is 675 g/mol. The maximum Gasteiger partial charge on any atom is 0.410 e. The van der Waals surface area contributed by atoms with Crippen LogP contribution in [0.4, 0.5) is 4.79 Å². The van der Waals surface area contributed by atoms with Crippen LogP contribution in [0.2, 0.25) is 10.0 Å². The van der Waals surface area contributed by atoms with Crippen molar-refractivity contribution in [3.05, 3.63) is 69.7 Å². The van der Waals surface area contributed by atoms with Gasteiger partial charge in [-0.3, -0.25) is 9.80 Å². The fraction of sp³-hybridized carbons (Fsp3) is 0.675. The Balaban J connectivity index is 0.000000265. The number of rotatable bonds is 6. The van der Waals surface area contributed by atoms with Crippen molar-refractivity contribution in [2.75, 3.05) is 39.3 Å². The number of likely N-dealkylation sites (tertiary alicyclic amines) is 3. The Labute approximate surface area is 314 Å². The smallest absolute Gasteiger partial charge is 0.410 e. The van der Waals surface area contributed by atoms with Crippen LogP contribution >= 0.6 is 35.6 Å². The first-order valence-electron chi connectivity index (χ1n) is 18.3. The van der Waals surface area contributed by atoms with E-state index in [1.807, 2.05) is 49.9 Å². The van der Waals surface area contributed by atoms with Gasteiger partial charge in [0.15, 0.2) is 0 Å². The van der Waals surface area contributed by atoms with Crippen LogP contribution in [-0.2, 0) is 17.6 Å². The van der Waals surface area contributed by atoms with E-state index in [2.05, 4.69) is 39.4 Å².